The maximum atomic E-state index is 5.35. The summed E-state index contributed by atoms with van der Waals surface area (Å²) in [5.41, 5.74) is 1.04. The molecule has 3 heterocycles. The zero-order valence-corrected chi connectivity index (χ0v) is 13.4. The summed E-state index contributed by atoms with van der Waals surface area (Å²) in [5.74, 6) is 1.02. The van der Waals surface area contributed by atoms with Gasteiger partial charge in [0.2, 0.25) is 0 Å². The Kier molecular flexibility index (Phi) is 4.54. The Bertz CT molecular complexity index is 552. The number of anilines is 2. The fraction of sp³-hybridized carbons (Fsp3) is 0.357. The van der Waals surface area contributed by atoms with E-state index < -0.39 is 0 Å². The third-order valence-electron chi connectivity index (χ3n) is 3.23. The summed E-state index contributed by atoms with van der Waals surface area (Å²) in [5, 5.41) is 5.48. The first-order chi connectivity index (χ1) is 9.83. The molecule has 20 heavy (non-hydrogen) atoms. The predicted molar refractivity (Wildman–Crippen MR) is 86.6 cm³/mol. The molecule has 0 saturated carbocycles. The Balaban J connectivity index is 1.59. The molecule has 3 rings (SSSR count). The number of ether oxygens (including phenoxy) is 1. The highest BCUT2D eigenvalue weighted by molar-refractivity contribution is 9.10. The Morgan fingerprint density at radius 3 is 2.80 bits per heavy atom. The van der Waals surface area contributed by atoms with E-state index in [1.54, 1.807) is 11.3 Å². The smallest absolute Gasteiger partial charge is 0.128 e. The van der Waals surface area contributed by atoms with Crippen LogP contribution in [0.3, 0.4) is 0 Å². The summed E-state index contributed by atoms with van der Waals surface area (Å²) in [6.07, 6.45) is 1.90. The van der Waals surface area contributed by atoms with E-state index in [1.807, 2.05) is 6.20 Å². The number of halogens is 1. The minimum absolute atomic E-state index is 0.786. The minimum Gasteiger partial charge on any atom is -0.379 e. The molecular formula is C14H16BrN3OS. The fourth-order valence-electron chi connectivity index (χ4n) is 2.10. The van der Waals surface area contributed by atoms with Crippen molar-refractivity contribution in [2.45, 2.75) is 6.54 Å². The molecule has 4 nitrogen and oxygen atoms in total. The molecule has 0 aromatic carbocycles. The Labute approximate surface area is 130 Å². The standard InChI is InChI=1S/C14H16BrN3OS/c15-12-3-8-20-13(12)10-16-11-1-2-14(17-9-11)18-4-6-19-7-5-18/h1-3,8-9,16H,4-7,10H2. The van der Waals surface area contributed by atoms with Crippen LogP contribution < -0.4 is 10.2 Å². The van der Waals surface area contributed by atoms with Crippen LogP contribution in [-0.4, -0.2) is 31.3 Å². The zero-order valence-electron chi connectivity index (χ0n) is 11.0. The molecule has 0 radical (unpaired) electrons. The van der Waals surface area contributed by atoms with Crippen LogP contribution in [0.2, 0.25) is 0 Å². The van der Waals surface area contributed by atoms with Gasteiger partial charge in [-0.15, -0.1) is 11.3 Å². The van der Waals surface area contributed by atoms with Crippen LogP contribution in [0.5, 0.6) is 0 Å². The van der Waals surface area contributed by atoms with Crippen molar-refractivity contribution in [1.82, 2.24) is 4.98 Å². The van der Waals surface area contributed by atoms with Gasteiger partial charge in [0.15, 0.2) is 0 Å². The Morgan fingerprint density at radius 1 is 1.30 bits per heavy atom. The van der Waals surface area contributed by atoms with E-state index in [0.29, 0.717) is 0 Å². The van der Waals surface area contributed by atoms with Crippen molar-refractivity contribution in [2.24, 2.45) is 0 Å². The number of nitrogens with one attached hydrogen (secondary N) is 1. The summed E-state index contributed by atoms with van der Waals surface area (Å²) < 4.78 is 6.51. The van der Waals surface area contributed by atoms with Gasteiger partial charge in [0.1, 0.15) is 5.82 Å². The molecule has 2 aromatic rings. The van der Waals surface area contributed by atoms with Crippen molar-refractivity contribution in [1.29, 1.82) is 0 Å². The normalized spacial score (nSPS) is 15.3. The highest BCUT2D eigenvalue weighted by Crippen LogP contribution is 2.24. The molecule has 1 N–H and O–H groups in total. The van der Waals surface area contributed by atoms with Crippen molar-refractivity contribution in [3.8, 4) is 0 Å². The quantitative estimate of drug-likeness (QED) is 0.914. The summed E-state index contributed by atoms with van der Waals surface area (Å²) in [7, 11) is 0. The van der Waals surface area contributed by atoms with Crippen LogP contribution in [0.4, 0.5) is 11.5 Å². The lowest BCUT2D eigenvalue weighted by Gasteiger charge is -2.27. The molecule has 0 bridgehead atoms. The highest BCUT2D eigenvalue weighted by Gasteiger charge is 2.11. The van der Waals surface area contributed by atoms with E-state index in [0.717, 1.165) is 48.8 Å². The molecule has 0 unspecified atom stereocenters. The van der Waals surface area contributed by atoms with Crippen LogP contribution in [0, 0.1) is 0 Å². The average Bonchev–Trinajstić information content (AvgIpc) is 2.92. The third kappa shape index (κ3) is 3.31. The fourth-order valence-corrected chi connectivity index (χ4v) is 3.54. The number of morpholine rings is 1. The van der Waals surface area contributed by atoms with Crippen LogP contribution in [0.25, 0.3) is 0 Å². The van der Waals surface area contributed by atoms with Gasteiger partial charge >= 0.3 is 0 Å². The Hall–Kier alpha value is -1.11. The van der Waals surface area contributed by atoms with E-state index in [9.17, 15) is 0 Å². The maximum absolute atomic E-state index is 5.35. The van der Waals surface area contributed by atoms with Crippen molar-refractivity contribution < 1.29 is 4.74 Å². The first-order valence-electron chi connectivity index (χ1n) is 6.57. The van der Waals surface area contributed by atoms with E-state index in [-0.39, 0.29) is 0 Å². The number of pyridine rings is 1. The van der Waals surface area contributed by atoms with Gasteiger partial charge in [0, 0.05) is 22.4 Å². The van der Waals surface area contributed by atoms with Gasteiger partial charge in [0.05, 0.1) is 31.6 Å². The first kappa shape index (κ1) is 13.9. The van der Waals surface area contributed by atoms with Crippen LogP contribution in [0.15, 0.2) is 34.2 Å². The minimum atomic E-state index is 0.786. The maximum Gasteiger partial charge on any atom is 0.128 e. The highest BCUT2D eigenvalue weighted by atomic mass is 79.9. The number of aromatic nitrogens is 1. The molecule has 1 saturated heterocycles. The van der Waals surface area contributed by atoms with E-state index in [4.69, 9.17) is 4.74 Å². The molecule has 1 aliphatic rings. The molecular weight excluding hydrogens is 338 g/mol. The summed E-state index contributed by atoms with van der Waals surface area (Å²) >= 11 is 5.28. The second kappa shape index (κ2) is 6.56. The summed E-state index contributed by atoms with van der Waals surface area (Å²) in [4.78, 5) is 8.07. The number of hydrogen-bond acceptors (Lipinski definition) is 5. The van der Waals surface area contributed by atoms with Gasteiger partial charge in [-0.3, -0.25) is 0 Å². The monoisotopic (exact) mass is 353 g/mol. The van der Waals surface area contributed by atoms with Crippen molar-refractivity contribution in [2.75, 3.05) is 36.5 Å². The van der Waals surface area contributed by atoms with Crippen molar-refractivity contribution >= 4 is 38.8 Å². The molecule has 6 heteroatoms. The van der Waals surface area contributed by atoms with Gasteiger partial charge in [-0.2, -0.15) is 0 Å². The molecule has 0 amide bonds. The largest absolute Gasteiger partial charge is 0.379 e. The molecule has 0 spiro atoms. The Morgan fingerprint density at radius 2 is 2.15 bits per heavy atom. The van der Waals surface area contributed by atoms with Crippen molar-refractivity contribution in [3.63, 3.8) is 0 Å². The van der Waals surface area contributed by atoms with Gasteiger partial charge in [0.25, 0.3) is 0 Å². The topological polar surface area (TPSA) is 37.4 Å². The second-order valence-corrected chi connectivity index (χ2v) is 6.40. The molecule has 106 valence electrons. The number of thiophene rings is 1. The lowest BCUT2D eigenvalue weighted by molar-refractivity contribution is 0.122. The lowest BCUT2D eigenvalue weighted by atomic mass is 10.3. The van der Waals surface area contributed by atoms with Crippen LogP contribution in [0.1, 0.15) is 4.88 Å². The second-order valence-electron chi connectivity index (χ2n) is 4.55. The van der Waals surface area contributed by atoms with E-state index in [2.05, 4.69) is 54.7 Å². The van der Waals surface area contributed by atoms with Gasteiger partial charge < -0.3 is 15.0 Å². The predicted octanol–water partition coefficient (Wildman–Crippen LogP) is 3.35. The van der Waals surface area contributed by atoms with Crippen LogP contribution in [-0.2, 0) is 11.3 Å². The third-order valence-corrected chi connectivity index (χ3v) is 5.15. The van der Waals surface area contributed by atoms with Gasteiger partial charge in [-0.05, 0) is 39.5 Å². The van der Waals surface area contributed by atoms with E-state index in [1.165, 1.54) is 4.88 Å². The number of hydrogen-bond donors (Lipinski definition) is 1. The zero-order chi connectivity index (χ0) is 13.8. The SMILES string of the molecule is Brc1ccsc1CNc1ccc(N2CCOCC2)nc1. The average molecular weight is 354 g/mol. The summed E-state index contributed by atoms with van der Waals surface area (Å²) in [6, 6.07) is 6.22. The molecule has 0 aliphatic carbocycles. The van der Waals surface area contributed by atoms with Gasteiger partial charge in [-0.25, -0.2) is 4.98 Å². The molecule has 0 atom stereocenters. The van der Waals surface area contributed by atoms with E-state index >= 15 is 0 Å². The van der Waals surface area contributed by atoms with Crippen molar-refractivity contribution in [3.05, 3.63) is 39.1 Å². The molecule has 1 aliphatic heterocycles. The summed E-state index contributed by atoms with van der Waals surface area (Å²) in [6.45, 7) is 4.23. The molecule has 1 fully saturated rings. The number of nitrogens with zero attached hydrogens (tertiary/aromatic N) is 2. The van der Waals surface area contributed by atoms with Crippen LogP contribution >= 0.6 is 27.3 Å². The first-order valence-corrected chi connectivity index (χ1v) is 8.25. The number of rotatable bonds is 4. The molecule has 2 aromatic heterocycles. The van der Waals surface area contributed by atoms with Gasteiger partial charge in [-0.1, -0.05) is 0 Å². The lowest BCUT2D eigenvalue weighted by Crippen LogP contribution is -2.36.